The Morgan fingerprint density at radius 1 is 1.00 bits per heavy atom. The molecule has 2 aromatic carbocycles. The fourth-order valence-electron chi connectivity index (χ4n) is 1.92. The summed E-state index contributed by atoms with van der Waals surface area (Å²) in [6.45, 7) is -0.213. The number of carbonyl (C=O) groups is 1. The van der Waals surface area contributed by atoms with Crippen molar-refractivity contribution in [2.75, 3.05) is 6.61 Å². The highest BCUT2D eigenvalue weighted by Crippen LogP contribution is 2.13. The number of nitrogens with one attached hydrogen (secondary N) is 1. The average Bonchev–Trinajstić information content (AvgIpc) is 2.53. The maximum atomic E-state index is 12.1. The van der Waals surface area contributed by atoms with Crippen LogP contribution in [0.1, 0.15) is 27.5 Å². The topological polar surface area (TPSA) is 69.6 Å². The summed E-state index contributed by atoms with van der Waals surface area (Å²) in [5, 5.41) is 21.2. The predicted molar refractivity (Wildman–Crippen MR) is 76.1 cm³/mol. The van der Waals surface area contributed by atoms with Gasteiger partial charge < -0.3 is 15.5 Å². The lowest BCUT2D eigenvalue weighted by atomic mass is 10.1. The number of aliphatic hydroxyl groups excluding tert-OH is 2. The van der Waals surface area contributed by atoms with Gasteiger partial charge >= 0.3 is 0 Å². The SMILES string of the molecule is O=C(NC(CO)c1ccccc1)c1ccc(CO)cc1. The van der Waals surface area contributed by atoms with Crippen LogP contribution in [0.4, 0.5) is 0 Å². The van der Waals surface area contributed by atoms with Crippen molar-refractivity contribution in [3.05, 3.63) is 71.3 Å². The molecule has 0 aliphatic heterocycles. The Morgan fingerprint density at radius 2 is 1.65 bits per heavy atom. The maximum absolute atomic E-state index is 12.1. The molecule has 4 nitrogen and oxygen atoms in total. The number of amides is 1. The zero-order valence-corrected chi connectivity index (χ0v) is 11.0. The van der Waals surface area contributed by atoms with E-state index in [0.29, 0.717) is 5.56 Å². The molecule has 1 unspecified atom stereocenters. The molecule has 3 N–H and O–H groups in total. The quantitative estimate of drug-likeness (QED) is 0.774. The maximum Gasteiger partial charge on any atom is 0.251 e. The summed E-state index contributed by atoms with van der Waals surface area (Å²) in [6, 6.07) is 15.6. The molecule has 2 aromatic rings. The summed E-state index contributed by atoms with van der Waals surface area (Å²) in [7, 11) is 0. The Morgan fingerprint density at radius 3 is 2.20 bits per heavy atom. The lowest BCUT2D eigenvalue weighted by Gasteiger charge is -2.16. The normalized spacial score (nSPS) is 11.9. The Bertz CT molecular complexity index is 552. The van der Waals surface area contributed by atoms with Crippen LogP contribution in [0.25, 0.3) is 0 Å². The third kappa shape index (κ3) is 3.44. The van der Waals surface area contributed by atoms with Gasteiger partial charge in [-0.25, -0.2) is 0 Å². The van der Waals surface area contributed by atoms with Crippen LogP contribution in [0.3, 0.4) is 0 Å². The minimum atomic E-state index is -0.429. The number of aliphatic hydroxyl groups is 2. The van der Waals surface area contributed by atoms with Gasteiger partial charge in [-0.15, -0.1) is 0 Å². The molecule has 0 aliphatic carbocycles. The minimum Gasteiger partial charge on any atom is -0.394 e. The lowest BCUT2D eigenvalue weighted by molar-refractivity contribution is 0.0916. The summed E-state index contributed by atoms with van der Waals surface area (Å²) >= 11 is 0. The molecule has 104 valence electrons. The third-order valence-corrected chi connectivity index (χ3v) is 3.09. The van der Waals surface area contributed by atoms with Crippen molar-refractivity contribution in [2.45, 2.75) is 12.6 Å². The summed E-state index contributed by atoms with van der Waals surface area (Å²) in [4.78, 5) is 12.1. The standard InChI is InChI=1S/C16H17NO3/c18-10-12-6-8-14(9-7-12)16(20)17-15(11-19)13-4-2-1-3-5-13/h1-9,15,18-19H,10-11H2,(H,17,20). The molecule has 2 rings (SSSR count). The molecule has 0 aliphatic rings. The van der Waals surface area contributed by atoms with Gasteiger partial charge in [0.1, 0.15) is 0 Å². The van der Waals surface area contributed by atoms with Gasteiger partial charge in [0.2, 0.25) is 0 Å². The third-order valence-electron chi connectivity index (χ3n) is 3.09. The van der Waals surface area contributed by atoms with Crippen LogP contribution in [0.2, 0.25) is 0 Å². The summed E-state index contributed by atoms with van der Waals surface area (Å²) < 4.78 is 0. The summed E-state index contributed by atoms with van der Waals surface area (Å²) in [5.74, 6) is -0.252. The summed E-state index contributed by atoms with van der Waals surface area (Å²) in [5.41, 5.74) is 2.11. The molecule has 4 heteroatoms. The second kappa shape index (κ2) is 6.84. The zero-order valence-electron chi connectivity index (χ0n) is 11.0. The molecule has 1 amide bonds. The van der Waals surface area contributed by atoms with Crippen LogP contribution in [-0.2, 0) is 6.61 Å². The van der Waals surface area contributed by atoms with Crippen molar-refractivity contribution in [2.24, 2.45) is 0 Å². The Kier molecular flexibility index (Phi) is 4.87. The van der Waals surface area contributed by atoms with Crippen molar-refractivity contribution in [1.29, 1.82) is 0 Å². The van der Waals surface area contributed by atoms with E-state index in [0.717, 1.165) is 11.1 Å². The van der Waals surface area contributed by atoms with Crippen LogP contribution >= 0.6 is 0 Å². The second-order valence-electron chi connectivity index (χ2n) is 4.47. The summed E-state index contributed by atoms with van der Waals surface area (Å²) in [6.07, 6.45) is 0. The number of hydrogen-bond donors (Lipinski definition) is 3. The average molecular weight is 271 g/mol. The molecule has 0 fully saturated rings. The first-order valence-electron chi connectivity index (χ1n) is 6.41. The van der Waals surface area contributed by atoms with Gasteiger partial charge in [0, 0.05) is 5.56 Å². The molecule has 0 spiro atoms. The smallest absolute Gasteiger partial charge is 0.251 e. The predicted octanol–water partition coefficient (Wildman–Crippen LogP) is 1.64. The highest BCUT2D eigenvalue weighted by molar-refractivity contribution is 5.94. The van der Waals surface area contributed by atoms with E-state index >= 15 is 0 Å². The van der Waals surface area contributed by atoms with Gasteiger partial charge in [-0.2, -0.15) is 0 Å². The van der Waals surface area contributed by atoms with Crippen molar-refractivity contribution in [3.8, 4) is 0 Å². The highest BCUT2D eigenvalue weighted by atomic mass is 16.3. The fraction of sp³-hybridized carbons (Fsp3) is 0.188. The lowest BCUT2D eigenvalue weighted by Crippen LogP contribution is -2.30. The molecule has 0 saturated heterocycles. The van der Waals surface area contributed by atoms with E-state index in [4.69, 9.17) is 5.11 Å². The van der Waals surface area contributed by atoms with Crippen molar-refractivity contribution in [1.82, 2.24) is 5.32 Å². The molecule has 0 heterocycles. The van der Waals surface area contributed by atoms with E-state index in [-0.39, 0.29) is 19.1 Å². The highest BCUT2D eigenvalue weighted by Gasteiger charge is 2.14. The Hall–Kier alpha value is -2.17. The van der Waals surface area contributed by atoms with Gasteiger partial charge in [-0.1, -0.05) is 42.5 Å². The van der Waals surface area contributed by atoms with E-state index in [2.05, 4.69) is 5.32 Å². The van der Waals surface area contributed by atoms with E-state index in [1.807, 2.05) is 30.3 Å². The number of carbonyl (C=O) groups excluding carboxylic acids is 1. The van der Waals surface area contributed by atoms with E-state index in [1.54, 1.807) is 24.3 Å². The minimum absolute atomic E-state index is 0.0504. The van der Waals surface area contributed by atoms with Gasteiger partial charge in [-0.3, -0.25) is 4.79 Å². The molecular formula is C16H17NO3. The van der Waals surface area contributed by atoms with Crippen LogP contribution in [0.15, 0.2) is 54.6 Å². The number of rotatable bonds is 5. The largest absolute Gasteiger partial charge is 0.394 e. The molecular weight excluding hydrogens is 254 g/mol. The molecule has 1 atom stereocenters. The van der Waals surface area contributed by atoms with Crippen LogP contribution in [-0.4, -0.2) is 22.7 Å². The van der Waals surface area contributed by atoms with Gasteiger partial charge in [-0.05, 0) is 23.3 Å². The first-order chi connectivity index (χ1) is 9.74. The molecule has 0 saturated carbocycles. The number of hydrogen-bond acceptors (Lipinski definition) is 3. The van der Waals surface area contributed by atoms with E-state index in [1.165, 1.54) is 0 Å². The molecule has 0 radical (unpaired) electrons. The molecule has 0 aromatic heterocycles. The van der Waals surface area contributed by atoms with Gasteiger partial charge in [0.15, 0.2) is 0 Å². The van der Waals surface area contributed by atoms with Crippen molar-refractivity contribution >= 4 is 5.91 Å². The van der Waals surface area contributed by atoms with Crippen LogP contribution < -0.4 is 5.32 Å². The van der Waals surface area contributed by atoms with Crippen LogP contribution in [0.5, 0.6) is 0 Å². The van der Waals surface area contributed by atoms with Gasteiger partial charge in [0.05, 0.1) is 19.3 Å². The van der Waals surface area contributed by atoms with E-state index in [9.17, 15) is 9.90 Å². The first-order valence-corrected chi connectivity index (χ1v) is 6.41. The Balaban J connectivity index is 2.09. The first kappa shape index (κ1) is 14.2. The number of benzene rings is 2. The zero-order chi connectivity index (χ0) is 14.4. The second-order valence-corrected chi connectivity index (χ2v) is 4.47. The Labute approximate surface area is 117 Å². The van der Waals surface area contributed by atoms with Crippen LogP contribution in [0, 0.1) is 0 Å². The van der Waals surface area contributed by atoms with Crippen molar-refractivity contribution < 1.29 is 15.0 Å². The van der Waals surface area contributed by atoms with Gasteiger partial charge in [0.25, 0.3) is 5.91 Å². The monoisotopic (exact) mass is 271 g/mol. The van der Waals surface area contributed by atoms with E-state index < -0.39 is 6.04 Å². The fourth-order valence-corrected chi connectivity index (χ4v) is 1.92. The molecule has 20 heavy (non-hydrogen) atoms. The van der Waals surface area contributed by atoms with Crippen molar-refractivity contribution in [3.63, 3.8) is 0 Å². The molecule has 0 bridgehead atoms.